The van der Waals surface area contributed by atoms with Crippen LogP contribution in [0.4, 0.5) is 5.69 Å². The van der Waals surface area contributed by atoms with Gasteiger partial charge in [0.25, 0.3) is 5.69 Å². The number of para-hydroxylation sites is 1. The van der Waals surface area contributed by atoms with Gasteiger partial charge >= 0.3 is 0 Å². The van der Waals surface area contributed by atoms with Crippen molar-refractivity contribution in [3.63, 3.8) is 0 Å². The smallest absolute Gasteiger partial charge is 0.276 e. The van der Waals surface area contributed by atoms with Crippen LogP contribution in [0.2, 0.25) is 0 Å². The van der Waals surface area contributed by atoms with Gasteiger partial charge in [-0.2, -0.15) is 0 Å². The number of hydrogen-bond acceptors (Lipinski definition) is 4. The van der Waals surface area contributed by atoms with Gasteiger partial charge in [0.2, 0.25) is 0 Å². The van der Waals surface area contributed by atoms with E-state index in [9.17, 15) is 15.2 Å². The van der Waals surface area contributed by atoms with E-state index in [-0.39, 0.29) is 22.6 Å². The number of hydrogen-bond donors (Lipinski definition) is 2. The van der Waals surface area contributed by atoms with Crippen molar-refractivity contribution in [2.75, 3.05) is 13.1 Å². The van der Waals surface area contributed by atoms with Crippen molar-refractivity contribution in [3.05, 3.63) is 46.0 Å². The molecule has 110 valence electrons. The SMILES string of the molecule is CCC(C)C(O)CNC/C=C/c1ccccc1[N+](=O)[O-]. The molecule has 0 saturated heterocycles. The molecule has 2 atom stereocenters. The number of aliphatic hydroxyl groups is 1. The molecule has 2 N–H and O–H groups in total. The molecule has 0 aliphatic carbocycles. The van der Waals surface area contributed by atoms with Gasteiger partial charge in [-0.15, -0.1) is 0 Å². The number of nitrogens with one attached hydrogen (secondary N) is 1. The lowest BCUT2D eigenvalue weighted by molar-refractivity contribution is -0.385. The van der Waals surface area contributed by atoms with Crippen LogP contribution < -0.4 is 5.32 Å². The van der Waals surface area contributed by atoms with Gasteiger partial charge in [0, 0.05) is 19.2 Å². The molecule has 0 fully saturated rings. The zero-order valence-electron chi connectivity index (χ0n) is 12.0. The molecule has 0 spiro atoms. The molecule has 1 aromatic carbocycles. The van der Waals surface area contributed by atoms with E-state index >= 15 is 0 Å². The Bertz CT molecular complexity index is 460. The van der Waals surface area contributed by atoms with E-state index in [2.05, 4.69) is 5.32 Å². The van der Waals surface area contributed by atoms with Crippen molar-refractivity contribution in [2.24, 2.45) is 5.92 Å². The molecule has 0 bridgehead atoms. The Morgan fingerprint density at radius 3 is 2.80 bits per heavy atom. The third-order valence-corrected chi connectivity index (χ3v) is 3.35. The van der Waals surface area contributed by atoms with Crippen LogP contribution >= 0.6 is 0 Å². The first-order valence-corrected chi connectivity index (χ1v) is 6.85. The number of rotatable bonds is 8. The topological polar surface area (TPSA) is 75.4 Å². The maximum absolute atomic E-state index is 10.8. The van der Waals surface area contributed by atoms with E-state index in [4.69, 9.17) is 0 Å². The Morgan fingerprint density at radius 1 is 1.45 bits per heavy atom. The van der Waals surface area contributed by atoms with Crippen molar-refractivity contribution in [1.29, 1.82) is 0 Å². The van der Waals surface area contributed by atoms with Crippen LogP contribution in [0, 0.1) is 16.0 Å². The lowest BCUT2D eigenvalue weighted by Gasteiger charge is -2.16. The second-order valence-electron chi connectivity index (χ2n) is 4.83. The molecule has 5 nitrogen and oxygen atoms in total. The number of aliphatic hydroxyl groups excluding tert-OH is 1. The predicted octanol–water partition coefficient (Wildman–Crippen LogP) is 2.60. The van der Waals surface area contributed by atoms with E-state index in [1.165, 1.54) is 6.07 Å². The lowest BCUT2D eigenvalue weighted by atomic mass is 10.0. The minimum absolute atomic E-state index is 0.100. The van der Waals surface area contributed by atoms with Crippen LogP contribution in [0.25, 0.3) is 6.08 Å². The van der Waals surface area contributed by atoms with E-state index in [0.717, 1.165) is 6.42 Å². The molecular weight excluding hydrogens is 256 g/mol. The molecule has 20 heavy (non-hydrogen) atoms. The Morgan fingerprint density at radius 2 is 2.15 bits per heavy atom. The summed E-state index contributed by atoms with van der Waals surface area (Å²) in [5.74, 6) is 0.265. The van der Waals surface area contributed by atoms with Crippen LogP contribution in [0.1, 0.15) is 25.8 Å². The standard InChI is InChI=1S/C15H22N2O3/c1-3-12(2)15(18)11-16-10-6-8-13-7-4-5-9-14(13)17(19)20/h4-9,12,15-16,18H,3,10-11H2,1-2H3/b8-6+. The summed E-state index contributed by atoms with van der Waals surface area (Å²) in [6, 6.07) is 6.62. The fraction of sp³-hybridized carbons (Fsp3) is 0.467. The summed E-state index contributed by atoms with van der Waals surface area (Å²) >= 11 is 0. The van der Waals surface area contributed by atoms with E-state index < -0.39 is 0 Å². The summed E-state index contributed by atoms with van der Waals surface area (Å²) < 4.78 is 0. The van der Waals surface area contributed by atoms with Gasteiger partial charge in [-0.3, -0.25) is 10.1 Å². The van der Waals surface area contributed by atoms with E-state index in [1.54, 1.807) is 24.3 Å². The maximum atomic E-state index is 10.8. The first-order chi connectivity index (χ1) is 9.56. The van der Waals surface area contributed by atoms with Gasteiger partial charge < -0.3 is 10.4 Å². The highest BCUT2D eigenvalue weighted by molar-refractivity contribution is 5.60. The third kappa shape index (κ3) is 5.11. The van der Waals surface area contributed by atoms with E-state index in [0.29, 0.717) is 18.7 Å². The van der Waals surface area contributed by atoms with Gasteiger partial charge in [-0.05, 0) is 12.0 Å². The van der Waals surface area contributed by atoms with E-state index in [1.807, 2.05) is 19.9 Å². The van der Waals surface area contributed by atoms with Gasteiger partial charge in [-0.1, -0.05) is 44.6 Å². The molecule has 0 saturated carbocycles. The molecule has 0 amide bonds. The van der Waals surface area contributed by atoms with Crippen molar-refractivity contribution < 1.29 is 10.0 Å². The zero-order valence-corrected chi connectivity index (χ0v) is 12.0. The minimum atomic E-state index is -0.389. The summed E-state index contributed by atoms with van der Waals surface area (Å²) in [6.07, 6.45) is 4.13. The Labute approximate surface area is 119 Å². The van der Waals surface area contributed by atoms with Crippen molar-refractivity contribution >= 4 is 11.8 Å². The summed E-state index contributed by atoms with van der Waals surface area (Å²) in [6.45, 7) is 5.15. The summed E-state index contributed by atoms with van der Waals surface area (Å²) in [5.41, 5.74) is 0.685. The number of nitro benzene ring substituents is 1. The molecule has 1 rings (SSSR count). The fourth-order valence-electron chi connectivity index (χ4n) is 1.77. The van der Waals surface area contributed by atoms with Crippen molar-refractivity contribution in [1.82, 2.24) is 5.32 Å². The first-order valence-electron chi connectivity index (χ1n) is 6.85. The monoisotopic (exact) mass is 278 g/mol. The van der Waals surface area contributed by atoms with Crippen LogP contribution in [0.3, 0.4) is 0 Å². The largest absolute Gasteiger partial charge is 0.392 e. The van der Waals surface area contributed by atoms with Gasteiger partial charge in [0.15, 0.2) is 0 Å². The average molecular weight is 278 g/mol. The molecule has 1 aromatic rings. The lowest BCUT2D eigenvalue weighted by Crippen LogP contribution is -2.31. The van der Waals surface area contributed by atoms with Crippen LogP contribution in [0.5, 0.6) is 0 Å². The molecule has 0 aromatic heterocycles. The van der Waals surface area contributed by atoms with Crippen LogP contribution in [0.15, 0.2) is 30.3 Å². The quantitative estimate of drug-likeness (QED) is 0.435. The molecule has 5 heteroatoms. The second-order valence-corrected chi connectivity index (χ2v) is 4.83. The van der Waals surface area contributed by atoms with Crippen molar-refractivity contribution in [3.8, 4) is 0 Å². The Kier molecular flexibility index (Phi) is 6.90. The number of nitro groups is 1. The summed E-state index contributed by atoms with van der Waals surface area (Å²) in [7, 11) is 0. The van der Waals surface area contributed by atoms with Crippen molar-refractivity contribution in [2.45, 2.75) is 26.4 Å². The third-order valence-electron chi connectivity index (χ3n) is 3.35. The molecule has 0 aliphatic rings. The Balaban J connectivity index is 2.44. The van der Waals surface area contributed by atoms with Gasteiger partial charge in [-0.25, -0.2) is 0 Å². The predicted molar refractivity (Wildman–Crippen MR) is 80.5 cm³/mol. The number of nitrogens with zero attached hydrogens (tertiary/aromatic N) is 1. The highest BCUT2D eigenvalue weighted by atomic mass is 16.6. The van der Waals surface area contributed by atoms with Gasteiger partial charge in [0.05, 0.1) is 16.6 Å². The molecule has 2 unspecified atom stereocenters. The normalized spacial score (nSPS) is 14.3. The highest BCUT2D eigenvalue weighted by Gasteiger charge is 2.11. The van der Waals surface area contributed by atoms with Crippen LogP contribution in [-0.2, 0) is 0 Å². The molecule has 0 radical (unpaired) electrons. The summed E-state index contributed by atoms with van der Waals surface area (Å²) in [4.78, 5) is 10.4. The molecule has 0 heterocycles. The fourth-order valence-corrected chi connectivity index (χ4v) is 1.77. The first kappa shape index (κ1) is 16.3. The Hall–Kier alpha value is -1.72. The zero-order chi connectivity index (χ0) is 15.0. The minimum Gasteiger partial charge on any atom is -0.392 e. The molecule has 0 aliphatic heterocycles. The number of benzene rings is 1. The summed E-state index contributed by atoms with van der Waals surface area (Å²) in [5, 5.41) is 23.7. The second kappa shape index (κ2) is 8.45. The van der Waals surface area contributed by atoms with Gasteiger partial charge in [0.1, 0.15) is 0 Å². The van der Waals surface area contributed by atoms with Crippen LogP contribution in [-0.4, -0.2) is 29.2 Å². The molecular formula is C15H22N2O3. The average Bonchev–Trinajstić information content (AvgIpc) is 2.46. The highest BCUT2D eigenvalue weighted by Crippen LogP contribution is 2.18. The maximum Gasteiger partial charge on any atom is 0.276 e.